The number of rotatable bonds is 7. The second-order valence-electron chi connectivity index (χ2n) is 5.84. The van der Waals surface area contributed by atoms with Gasteiger partial charge in [-0.2, -0.15) is 0 Å². The normalized spacial score (nSPS) is 15.7. The Bertz CT molecular complexity index is 512. The van der Waals surface area contributed by atoms with Gasteiger partial charge >= 0.3 is 0 Å². The van der Waals surface area contributed by atoms with Crippen molar-refractivity contribution in [3.8, 4) is 5.75 Å². The first-order valence-corrected chi connectivity index (χ1v) is 8.63. The number of nitrogens with zero attached hydrogens (tertiary/aromatic N) is 2. The SMILES string of the molecule is CCCC(N)C(=O)N1CCN(CCOc2ccccc2Cl)CC1.Cl.Cl. The van der Waals surface area contributed by atoms with Gasteiger partial charge in [0.25, 0.3) is 0 Å². The van der Waals surface area contributed by atoms with Gasteiger partial charge in [-0.05, 0) is 18.6 Å². The summed E-state index contributed by atoms with van der Waals surface area (Å²) in [7, 11) is 0. The Hall–Kier alpha value is -0.720. The van der Waals surface area contributed by atoms with E-state index < -0.39 is 0 Å². The lowest BCUT2D eigenvalue weighted by Crippen LogP contribution is -2.53. The van der Waals surface area contributed by atoms with Crippen LogP contribution in [0.5, 0.6) is 5.75 Å². The molecule has 25 heavy (non-hydrogen) atoms. The summed E-state index contributed by atoms with van der Waals surface area (Å²) in [5.74, 6) is 0.798. The van der Waals surface area contributed by atoms with Crippen LogP contribution in [0.25, 0.3) is 0 Å². The monoisotopic (exact) mass is 411 g/mol. The zero-order valence-corrected chi connectivity index (χ0v) is 16.9. The van der Waals surface area contributed by atoms with Gasteiger partial charge in [0.1, 0.15) is 12.4 Å². The van der Waals surface area contributed by atoms with Gasteiger partial charge in [-0.25, -0.2) is 0 Å². The van der Waals surface area contributed by atoms with Crippen molar-refractivity contribution >= 4 is 42.3 Å². The third kappa shape index (κ3) is 7.59. The van der Waals surface area contributed by atoms with Gasteiger partial charge in [-0.1, -0.05) is 37.1 Å². The van der Waals surface area contributed by atoms with Gasteiger partial charge in [-0.15, -0.1) is 24.8 Å². The van der Waals surface area contributed by atoms with E-state index in [1.54, 1.807) is 0 Å². The fourth-order valence-electron chi connectivity index (χ4n) is 2.71. The van der Waals surface area contributed by atoms with Crippen molar-refractivity contribution in [2.45, 2.75) is 25.8 Å². The van der Waals surface area contributed by atoms with Crippen LogP contribution in [-0.4, -0.2) is 61.1 Å². The third-order valence-electron chi connectivity index (χ3n) is 4.10. The van der Waals surface area contributed by atoms with Crippen molar-refractivity contribution in [1.82, 2.24) is 9.80 Å². The fourth-order valence-corrected chi connectivity index (χ4v) is 2.90. The van der Waals surface area contributed by atoms with Crippen LogP contribution in [0.2, 0.25) is 5.02 Å². The van der Waals surface area contributed by atoms with Crippen molar-refractivity contribution in [2.24, 2.45) is 5.73 Å². The zero-order chi connectivity index (χ0) is 16.7. The standard InChI is InChI=1S/C17H26ClN3O2.2ClH/c1-2-5-15(19)17(22)21-10-8-20(9-11-21)12-13-23-16-7-4-3-6-14(16)18;;/h3-4,6-7,15H,2,5,8-13,19H2,1H3;2*1H. The van der Waals surface area contributed by atoms with Gasteiger partial charge < -0.3 is 15.4 Å². The second-order valence-corrected chi connectivity index (χ2v) is 6.25. The summed E-state index contributed by atoms with van der Waals surface area (Å²) in [5, 5.41) is 0.632. The molecule has 2 rings (SSSR count). The number of para-hydroxylation sites is 1. The fraction of sp³-hybridized carbons (Fsp3) is 0.588. The number of carbonyl (C=O) groups excluding carboxylic acids is 1. The minimum atomic E-state index is -0.352. The minimum Gasteiger partial charge on any atom is -0.491 e. The lowest BCUT2D eigenvalue weighted by Gasteiger charge is -2.35. The lowest BCUT2D eigenvalue weighted by atomic mass is 10.1. The van der Waals surface area contributed by atoms with Gasteiger partial charge in [0.2, 0.25) is 5.91 Å². The topological polar surface area (TPSA) is 58.8 Å². The number of piperazine rings is 1. The molecule has 2 N–H and O–H groups in total. The maximum atomic E-state index is 12.2. The maximum Gasteiger partial charge on any atom is 0.239 e. The van der Waals surface area contributed by atoms with E-state index >= 15 is 0 Å². The minimum absolute atomic E-state index is 0. The Kier molecular flexibility index (Phi) is 12.2. The Morgan fingerprint density at radius 2 is 1.88 bits per heavy atom. The first-order valence-electron chi connectivity index (χ1n) is 8.26. The van der Waals surface area contributed by atoms with Crippen LogP contribution in [0.15, 0.2) is 24.3 Å². The van der Waals surface area contributed by atoms with Gasteiger partial charge in [-0.3, -0.25) is 9.69 Å². The average Bonchev–Trinajstić information content (AvgIpc) is 2.57. The molecule has 1 atom stereocenters. The zero-order valence-electron chi connectivity index (χ0n) is 14.5. The molecule has 0 saturated carbocycles. The molecular weight excluding hydrogens is 385 g/mol. The number of benzene rings is 1. The number of carbonyl (C=O) groups is 1. The van der Waals surface area contributed by atoms with Crippen LogP contribution in [0.3, 0.4) is 0 Å². The number of hydrogen-bond donors (Lipinski definition) is 1. The van der Waals surface area contributed by atoms with Crippen LogP contribution in [0, 0.1) is 0 Å². The highest BCUT2D eigenvalue weighted by Crippen LogP contribution is 2.22. The molecule has 144 valence electrons. The molecule has 5 nitrogen and oxygen atoms in total. The Morgan fingerprint density at radius 3 is 2.48 bits per heavy atom. The van der Waals surface area contributed by atoms with E-state index in [0.717, 1.165) is 45.6 Å². The summed E-state index contributed by atoms with van der Waals surface area (Å²) in [6.45, 7) is 6.66. The van der Waals surface area contributed by atoms with Crippen LogP contribution in [0.4, 0.5) is 0 Å². The highest BCUT2D eigenvalue weighted by molar-refractivity contribution is 6.32. The van der Waals surface area contributed by atoms with Crippen LogP contribution in [0.1, 0.15) is 19.8 Å². The summed E-state index contributed by atoms with van der Waals surface area (Å²) in [4.78, 5) is 16.4. The molecule has 1 amide bonds. The molecule has 1 aliphatic heterocycles. The van der Waals surface area contributed by atoms with Crippen molar-refractivity contribution < 1.29 is 9.53 Å². The molecule has 1 heterocycles. The molecular formula is C17H28Cl3N3O2. The molecule has 1 aromatic carbocycles. The molecule has 1 unspecified atom stereocenters. The van der Waals surface area contributed by atoms with Gasteiger partial charge in [0.15, 0.2) is 0 Å². The lowest BCUT2D eigenvalue weighted by molar-refractivity contribution is -0.134. The maximum absolute atomic E-state index is 12.2. The number of ether oxygens (including phenoxy) is 1. The smallest absolute Gasteiger partial charge is 0.239 e. The first kappa shape index (κ1) is 24.3. The second kappa shape index (κ2) is 12.6. The molecule has 8 heteroatoms. The number of hydrogen-bond acceptors (Lipinski definition) is 4. The summed E-state index contributed by atoms with van der Waals surface area (Å²) >= 11 is 6.06. The van der Waals surface area contributed by atoms with Crippen LogP contribution >= 0.6 is 36.4 Å². The highest BCUT2D eigenvalue weighted by Gasteiger charge is 2.24. The number of nitrogens with two attached hydrogens (primary N) is 1. The predicted molar refractivity (Wildman–Crippen MR) is 107 cm³/mol. The average molecular weight is 413 g/mol. The van der Waals surface area contributed by atoms with Crippen molar-refractivity contribution in [1.29, 1.82) is 0 Å². The predicted octanol–water partition coefficient (Wildman–Crippen LogP) is 2.83. The van der Waals surface area contributed by atoms with Crippen LogP contribution in [-0.2, 0) is 4.79 Å². The molecule has 0 aliphatic carbocycles. The van der Waals surface area contributed by atoms with Gasteiger partial charge in [0, 0.05) is 32.7 Å². The Balaban J connectivity index is 0.00000288. The molecule has 1 aliphatic rings. The summed E-state index contributed by atoms with van der Waals surface area (Å²) in [5.41, 5.74) is 5.91. The first-order chi connectivity index (χ1) is 11.1. The molecule has 1 saturated heterocycles. The molecule has 1 fully saturated rings. The van der Waals surface area contributed by atoms with E-state index in [9.17, 15) is 4.79 Å². The number of halogens is 3. The largest absolute Gasteiger partial charge is 0.491 e. The van der Waals surface area contributed by atoms with E-state index in [1.807, 2.05) is 36.1 Å². The quantitative estimate of drug-likeness (QED) is 0.748. The third-order valence-corrected chi connectivity index (χ3v) is 4.41. The molecule has 0 spiro atoms. The van der Waals surface area contributed by atoms with E-state index in [2.05, 4.69) is 4.90 Å². The summed E-state index contributed by atoms with van der Waals surface area (Å²) in [6.07, 6.45) is 1.69. The highest BCUT2D eigenvalue weighted by atomic mass is 35.5. The van der Waals surface area contributed by atoms with E-state index in [0.29, 0.717) is 17.4 Å². The van der Waals surface area contributed by atoms with E-state index in [1.165, 1.54) is 0 Å². The van der Waals surface area contributed by atoms with E-state index in [4.69, 9.17) is 22.1 Å². The molecule has 0 radical (unpaired) electrons. The van der Waals surface area contributed by atoms with Crippen molar-refractivity contribution in [3.05, 3.63) is 29.3 Å². The van der Waals surface area contributed by atoms with Crippen molar-refractivity contribution in [2.75, 3.05) is 39.3 Å². The molecule has 0 aromatic heterocycles. The summed E-state index contributed by atoms with van der Waals surface area (Å²) < 4.78 is 5.71. The molecule has 1 aromatic rings. The molecule has 0 bridgehead atoms. The van der Waals surface area contributed by atoms with E-state index in [-0.39, 0.29) is 36.8 Å². The number of amides is 1. The Morgan fingerprint density at radius 1 is 1.24 bits per heavy atom. The van der Waals surface area contributed by atoms with Gasteiger partial charge in [0.05, 0.1) is 11.1 Å². The summed E-state index contributed by atoms with van der Waals surface area (Å²) in [6, 6.07) is 7.13. The Labute approximate surface area is 167 Å². The van der Waals surface area contributed by atoms with Crippen LogP contribution < -0.4 is 10.5 Å². The van der Waals surface area contributed by atoms with Crippen molar-refractivity contribution in [3.63, 3.8) is 0 Å².